The maximum atomic E-state index is 15.1. The quantitative estimate of drug-likeness (QED) is 0.0730. The van der Waals surface area contributed by atoms with Crippen molar-refractivity contribution >= 4 is 23.2 Å². The van der Waals surface area contributed by atoms with Gasteiger partial charge in [0.2, 0.25) is 11.7 Å². The fourth-order valence-corrected chi connectivity index (χ4v) is 10.7. The van der Waals surface area contributed by atoms with E-state index in [0.29, 0.717) is 42.8 Å². The Labute approximate surface area is 416 Å². The monoisotopic (exact) mass is 944 g/mol. The number of hydrogen-bond acceptors (Lipinski definition) is 9. The molecule has 7 aromatic rings. The molecule has 1 aromatic heterocycles. The number of aryl methyl sites for hydroxylation is 2. The van der Waals surface area contributed by atoms with Crippen LogP contribution < -0.4 is 4.90 Å². The highest BCUT2D eigenvalue weighted by Gasteiger charge is 2.43. The molecule has 70 heavy (non-hydrogen) atoms. The first-order valence-electron chi connectivity index (χ1n) is 24.2. The Bertz CT molecular complexity index is 3000. The van der Waals surface area contributed by atoms with Gasteiger partial charge < -0.3 is 14.7 Å². The molecule has 2 fully saturated rings. The highest BCUT2D eigenvalue weighted by atomic mass is 35.5. The molecule has 6 aromatic carbocycles. The van der Waals surface area contributed by atoms with Crippen molar-refractivity contribution in [2.75, 3.05) is 37.6 Å². The fraction of sp³-hybridized carbons (Fsp3) is 0.276. The van der Waals surface area contributed by atoms with E-state index in [-0.39, 0.29) is 17.9 Å². The molecule has 12 heteroatoms. The number of allylic oxidation sites excluding steroid dienone is 1. The lowest BCUT2D eigenvalue weighted by Crippen LogP contribution is -2.40. The maximum Gasteiger partial charge on any atom is 0.229 e. The van der Waals surface area contributed by atoms with Crippen LogP contribution in [0.4, 0.5) is 5.69 Å². The van der Waals surface area contributed by atoms with Gasteiger partial charge in [0.05, 0.1) is 6.04 Å². The SMILES string of the molecule is Cc1cc(C)cc(CN2CCN(CCC(=O)N(c3cccc(CN4CCCCC4)c3)C(C)c3cccc(-c4nnn(C(c5ccccc5)(c5ccccc5)c5ccccc5Cl)n4)c3)C2=C(C#N)C#N)c1. The van der Waals surface area contributed by atoms with Crippen LogP contribution in [0.5, 0.6) is 0 Å². The number of carbonyl (C=O) groups is 1. The Kier molecular flexibility index (Phi) is 14.5. The van der Waals surface area contributed by atoms with E-state index in [1.165, 1.54) is 19.3 Å². The summed E-state index contributed by atoms with van der Waals surface area (Å²) in [6, 6.07) is 54.7. The Morgan fingerprint density at radius 2 is 1.37 bits per heavy atom. The van der Waals surface area contributed by atoms with E-state index in [0.717, 1.165) is 75.4 Å². The number of nitrogens with zero attached hydrogens (tertiary/aromatic N) is 10. The van der Waals surface area contributed by atoms with Gasteiger partial charge in [0.1, 0.15) is 18.0 Å². The molecule has 0 saturated carbocycles. The summed E-state index contributed by atoms with van der Waals surface area (Å²) in [6.45, 7) is 11.2. The molecule has 9 rings (SSSR count). The third-order valence-electron chi connectivity index (χ3n) is 13.6. The van der Waals surface area contributed by atoms with Gasteiger partial charge in [0.15, 0.2) is 11.1 Å². The molecular weight excluding hydrogens is 888 g/mol. The molecular formula is C58H57ClN10O. The van der Waals surface area contributed by atoms with E-state index in [2.05, 4.69) is 97.3 Å². The lowest BCUT2D eigenvalue weighted by Gasteiger charge is -2.34. The van der Waals surface area contributed by atoms with E-state index >= 15 is 4.79 Å². The van der Waals surface area contributed by atoms with Gasteiger partial charge in [-0.3, -0.25) is 9.69 Å². The summed E-state index contributed by atoms with van der Waals surface area (Å²) in [6.07, 6.45) is 3.79. The predicted octanol–water partition coefficient (Wildman–Crippen LogP) is 11.0. The van der Waals surface area contributed by atoms with E-state index in [9.17, 15) is 10.5 Å². The minimum atomic E-state index is -1.07. The van der Waals surface area contributed by atoms with Crippen LogP contribution in [0.1, 0.15) is 83.2 Å². The number of hydrogen-bond donors (Lipinski definition) is 0. The highest BCUT2D eigenvalue weighted by Crippen LogP contribution is 2.43. The van der Waals surface area contributed by atoms with Gasteiger partial charge in [0.25, 0.3) is 0 Å². The third kappa shape index (κ3) is 9.95. The molecule has 2 aliphatic rings. The van der Waals surface area contributed by atoms with Crippen molar-refractivity contribution in [2.45, 2.75) is 71.1 Å². The molecule has 0 radical (unpaired) electrons. The van der Waals surface area contributed by atoms with Crippen LogP contribution in [0, 0.1) is 36.5 Å². The summed E-state index contributed by atoms with van der Waals surface area (Å²) in [5, 5.41) is 35.6. The lowest BCUT2D eigenvalue weighted by atomic mass is 9.77. The highest BCUT2D eigenvalue weighted by molar-refractivity contribution is 6.31. The lowest BCUT2D eigenvalue weighted by molar-refractivity contribution is -0.119. The molecule has 352 valence electrons. The standard InChI is InChI=1S/C58H57ClN10O/c1-42-33-43(2)35-46(34-42)41-67-32-31-66(57(67)49(38-60)39-61)30-27-55(70)68(52-24-15-17-45(36-52)40-65-28-13-6-14-29-65)44(3)47-18-16-19-48(37-47)56-62-64-69(63-56)58(50-20-7-4-8-21-50,51-22-9-5-10-23-51)53-25-11-12-26-54(53)59/h4-5,7-12,15-26,33-37,44H,6,13-14,27-32,40-41H2,1-3H3. The molecule has 0 spiro atoms. The van der Waals surface area contributed by atoms with Crippen LogP contribution in [0.25, 0.3) is 11.4 Å². The summed E-state index contributed by atoms with van der Waals surface area (Å²) in [4.78, 5) is 25.2. The first-order valence-corrected chi connectivity index (χ1v) is 24.6. The van der Waals surface area contributed by atoms with Gasteiger partial charge in [-0.2, -0.15) is 10.5 Å². The molecule has 3 heterocycles. The Balaban J connectivity index is 1.05. The van der Waals surface area contributed by atoms with Gasteiger partial charge >= 0.3 is 0 Å². The second-order valence-corrected chi connectivity index (χ2v) is 18.9. The van der Waals surface area contributed by atoms with Crippen molar-refractivity contribution in [2.24, 2.45) is 0 Å². The second-order valence-electron chi connectivity index (χ2n) is 18.5. The normalized spacial score (nSPS) is 14.5. The summed E-state index contributed by atoms with van der Waals surface area (Å²) < 4.78 is 0. The summed E-state index contributed by atoms with van der Waals surface area (Å²) in [5.41, 5.74) is 8.64. The van der Waals surface area contributed by atoms with Crippen LogP contribution in [0.3, 0.4) is 0 Å². The Morgan fingerprint density at radius 3 is 2.06 bits per heavy atom. The second kappa shape index (κ2) is 21.4. The van der Waals surface area contributed by atoms with Crippen LogP contribution in [-0.4, -0.2) is 73.5 Å². The number of likely N-dealkylation sites (tertiary alicyclic amines) is 1. The summed E-state index contributed by atoms with van der Waals surface area (Å²) in [7, 11) is 0. The van der Waals surface area contributed by atoms with E-state index in [1.54, 1.807) is 4.80 Å². The minimum Gasteiger partial charge on any atom is -0.354 e. The van der Waals surface area contributed by atoms with Crippen LogP contribution in [0.2, 0.25) is 5.02 Å². The van der Waals surface area contributed by atoms with Crippen molar-refractivity contribution in [3.8, 4) is 23.5 Å². The van der Waals surface area contributed by atoms with E-state index in [4.69, 9.17) is 27.0 Å². The molecule has 0 N–H and O–H groups in total. The van der Waals surface area contributed by atoms with E-state index in [1.807, 2.05) is 107 Å². The fourth-order valence-electron chi connectivity index (χ4n) is 10.5. The number of carbonyl (C=O) groups excluding carboxylic acids is 1. The molecule has 0 bridgehead atoms. The minimum absolute atomic E-state index is 0.0453. The van der Waals surface area contributed by atoms with E-state index < -0.39 is 11.6 Å². The van der Waals surface area contributed by atoms with Crippen LogP contribution in [-0.2, 0) is 23.4 Å². The number of halogens is 1. The van der Waals surface area contributed by atoms with Gasteiger partial charge in [-0.25, -0.2) is 0 Å². The van der Waals surface area contributed by atoms with Gasteiger partial charge in [-0.1, -0.05) is 157 Å². The molecule has 1 unspecified atom stereocenters. The number of tetrazole rings is 1. The zero-order valence-corrected chi connectivity index (χ0v) is 40.8. The predicted molar refractivity (Wildman–Crippen MR) is 275 cm³/mol. The van der Waals surface area contributed by atoms with Gasteiger partial charge in [-0.05, 0) is 104 Å². The average Bonchev–Trinajstić information content (AvgIpc) is 4.04. The zero-order valence-electron chi connectivity index (χ0n) is 40.0. The number of nitriles is 2. The topological polar surface area (TPSA) is 121 Å². The number of aromatic nitrogens is 4. The maximum absolute atomic E-state index is 15.1. The molecule has 11 nitrogen and oxygen atoms in total. The number of amides is 1. The van der Waals surface area contributed by atoms with Crippen molar-refractivity contribution in [3.63, 3.8) is 0 Å². The molecule has 2 saturated heterocycles. The first-order chi connectivity index (χ1) is 34.2. The van der Waals surface area contributed by atoms with Crippen molar-refractivity contribution in [1.82, 2.24) is 34.9 Å². The number of anilines is 1. The summed E-state index contributed by atoms with van der Waals surface area (Å²) in [5.74, 6) is 0.921. The third-order valence-corrected chi connectivity index (χ3v) is 14.0. The number of piperidine rings is 1. The van der Waals surface area contributed by atoms with Crippen molar-refractivity contribution in [1.29, 1.82) is 10.5 Å². The molecule has 1 amide bonds. The van der Waals surface area contributed by atoms with Gasteiger partial charge in [0, 0.05) is 61.0 Å². The number of rotatable bonds is 15. The molecule has 1 atom stereocenters. The van der Waals surface area contributed by atoms with Crippen LogP contribution in [0.15, 0.2) is 163 Å². The number of benzene rings is 6. The Hall–Kier alpha value is -7.57. The summed E-state index contributed by atoms with van der Waals surface area (Å²) >= 11 is 7.08. The van der Waals surface area contributed by atoms with Crippen molar-refractivity contribution < 1.29 is 4.79 Å². The molecule has 0 aliphatic carbocycles. The average molecular weight is 946 g/mol. The largest absolute Gasteiger partial charge is 0.354 e. The first kappa shape index (κ1) is 47.5. The smallest absolute Gasteiger partial charge is 0.229 e. The van der Waals surface area contributed by atoms with Crippen molar-refractivity contribution in [3.05, 3.63) is 213 Å². The Morgan fingerprint density at radius 1 is 0.714 bits per heavy atom. The molecule has 2 aliphatic heterocycles. The van der Waals surface area contributed by atoms with Gasteiger partial charge in [-0.15, -0.1) is 15.0 Å². The van der Waals surface area contributed by atoms with Crippen LogP contribution >= 0.6 is 11.6 Å². The zero-order chi connectivity index (χ0) is 48.6.